The number of nitrogens with one attached hydrogen (secondary N) is 1. The van der Waals surface area contributed by atoms with Crippen LogP contribution in [-0.4, -0.2) is 77.6 Å². The van der Waals surface area contributed by atoms with Crippen molar-refractivity contribution < 1.29 is 9.53 Å². The van der Waals surface area contributed by atoms with E-state index in [0.717, 1.165) is 35.6 Å². The minimum absolute atomic E-state index is 0. The molecule has 4 rings (SSSR count). The molecule has 2 atom stereocenters. The van der Waals surface area contributed by atoms with E-state index in [9.17, 15) is 4.79 Å². The number of aromatic nitrogens is 3. The number of hydrogen-bond donors (Lipinski definition) is 1. The quantitative estimate of drug-likeness (QED) is 0.786. The standard InChI is InChI=1S/C22H32N6O2.CH4/c1-15-10-27(17(8-23-15)13-30-5)12-21(29)28-14-22(2,3)18-9-24-19(6-20(18)28)16-7-25-26(4)11-16;/h6-7,9,11,15,17,23H,8,10,12-14H2,1-5H3;1H4/t15-,17-;/m1./s1. The third kappa shape index (κ3) is 4.66. The summed E-state index contributed by atoms with van der Waals surface area (Å²) in [6, 6.07) is 2.59. The first kappa shape index (κ1) is 23.4. The fourth-order valence-electron chi connectivity index (χ4n) is 4.53. The smallest absolute Gasteiger partial charge is 0.241 e. The van der Waals surface area contributed by atoms with Gasteiger partial charge in [-0.25, -0.2) is 0 Å². The number of piperazine rings is 1. The number of carbonyl (C=O) groups excluding carboxylic acids is 1. The molecule has 0 aromatic carbocycles. The first-order chi connectivity index (χ1) is 14.3. The molecule has 4 heterocycles. The summed E-state index contributed by atoms with van der Waals surface area (Å²) in [5.41, 5.74) is 3.74. The second-order valence-corrected chi connectivity index (χ2v) is 9.20. The summed E-state index contributed by atoms with van der Waals surface area (Å²) in [5.74, 6) is 0.125. The first-order valence-corrected chi connectivity index (χ1v) is 10.5. The Morgan fingerprint density at radius 2 is 2.13 bits per heavy atom. The minimum atomic E-state index is -0.131. The number of ether oxygens (including phenoxy) is 1. The van der Waals surface area contributed by atoms with Gasteiger partial charge in [-0.2, -0.15) is 5.10 Å². The van der Waals surface area contributed by atoms with Gasteiger partial charge in [-0.3, -0.25) is 19.4 Å². The SMILES string of the molecule is C.COC[C@H]1CN[C@H](C)CN1CC(=O)N1CC(C)(C)c2cnc(-c3cnn(C)c3)cc21. The molecule has 0 spiro atoms. The highest BCUT2D eigenvalue weighted by Gasteiger charge is 2.39. The fourth-order valence-corrected chi connectivity index (χ4v) is 4.53. The summed E-state index contributed by atoms with van der Waals surface area (Å²) in [6.45, 7) is 9.83. The summed E-state index contributed by atoms with van der Waals surface area (Å²) >= 11 is 0. The molecule has 31 heavy (non-hydrogen) atoms. The number of carbonyl (C=O) groups is 1. The van der Waals surface area contributed by atoms with Gasteiger partial charge in [-0.15, -0.1) is 0 Å². The van der Waals surface area contributed by atoms with Crippen molar-refractivity contribution in [2.45, 2.75) is 45.7 Å². The fraction of sp³-hybridized carbons (Fsp3) is 0.609. The van der Waals surface area contributed by atoms with Crippen LogP contribution in [0.4, 0.5) is 5.69 Å². The van der Waals surface area contributed by atoms with E-state index >= 15 is 0 Å². The van der Waals surface area contributed by atoms with Gasteiger partial charge in [0, 0.05) is 74.8 Å². The van der Waals surface area contributed by atoms with E-state index in [4.69, 9.17) is 4.74 Å². The molecule has 2 aromatic heterocycles. The number of methoxy groups -OCH3 is 1. The molecule has 0 saturated carbocycles. The van der Waals surface area contributed by atoms with Gasteiger partial charge in [0.2, 0.25) is 5.91 Å². The molecular formula is C23H36N6O2. The zero-order chi connectivity index (χ0) is 21.5. The van der Waals surface area contributed by atoms with Gasteiger partial charge in [-0.05, 0) is 13.0 Å². The number of nitrogens with zero attached hydrogens (tertiary/aromatic N) is 5. The Hall–Kier alpha value is -2.29. The van der Waals surface area contributed by atoms with Gasteiger partial charge in [0.25, 0.3) is 0 Å². The molecule has 8 heteroatoms. The number of anilines is 1. The topological polar surface area (TPSA) is 75.5 Å². The highest BCUT2D eigenvalue weighted by Crippen LogP contribution is 2.41. The lowest BCUT2D eigenvalue weighted by Gasteiger charge is -2.39. The number of aryl methyl sites for hydroxylation is 1. The molecule has 1 fully saturated rings. The predicted octanol–water partition coefficient (Wildman–Crippen LogP) is 2.05. The summed E-state index contributed by atoms with van der Waals surface area (Å²) in [7, 11) is 3.60. The van der Waals surface area contributed by atoms with Crippen molar-refractivity contribution in [1.29, 1.82) is 0 Å². The van der Waals surface area contributed by atoms with E-state index in [1.54, 1.807) is 18.0 Å². The highest BCUT2D eigenvalue weighted by atomic mass is 16.5. The maximum absolute atomic E-state index is 13.5. The first-order valence-electron chi connectivity index (χ1n) is 10.5. The van der Waals surface area contributed by atoms with Gasteiger partial charge >= 0.3 is 0 Å². The Bertz CT molecular complexity index is 925. The number of rotatable bonds is 5. The number of pyridine rings is 1. The Kier molecular flexibility index (Phi) is 6.83. The molecule has 0 aliphatic carbocycles. The van der Waals surface area contributed by atoms with Crippen LogP contribution >= 0.6 is 0 Å². The van der Waals surface area contributed by atoms with Crippen LogP contribution in [0, 0.1) is 0 Å². The Balaban J connectivity index is 0.00000272. The van der Waals surface area contributed by atoms with E-state index in [1.165, 1.54) is 0 Å². The highest BCUT2D eigenvalue weighted by molar-refractivity contribution is 5.98. The lowest BCUT2D eigenvalue weighted by molar-refractivity contribution is -0.121. The molecule has 1 N–H and O–H groups in total. The summed E-state index contributed by atoms with van der Waals surface area (Å²) in [6.07, 6.45) is 5.67. The van der Waals surface area contributed by atoms with Gasteiger partial charge in [0.1, 0.15) is 0 Å². The van der Waals surface area contributed by atoms with Crippen LogP contribution in [0.2, 0.25) is 0 Å². The molecule has 2 aromatic rings. The Morgan fingerprint density at radius 3 is 2.81 bits per heavy atom. The van der Waals surface area contributed by atoms with Crippen LogP contribution in [0.3, 0.4) is 0 Å². The van der Waals surface area contributed by atoms with Crippen LogP contribution in [0.5, 0.6) is 0 Å². The molecule has 1 saturated heterocycles. The molecule has 2 aliphatic rings. The lowest BCUT2D eigenvalue weighted by atomic mass is 9.88. The predicted molar refractivity (Wildman–Crippen MR) is 123 cm³/mol. The molecule has 0 unspecified atom stereocenters. The van der Waals surface area contributed by atoms with Crippen molar-refractivity contribution in [3.63, 3.8) is 0 Å². The average Bonchev–Trinajstić information content (AvgIpc) is 3.25. The van der Waals surface area contributed by atoms with E-state index in [0.29, 0.717) is 25.7 Å². The lowest BCUT2D eigenvalue weighted by Crippen LogP contribution is -2.59. The molecule has 2 aliphatic heterocycles. The van der Waals surface area contributed by atoms with Crippen LogP contribution in [0.1, 0.15) is 33.8 Å². The van der Waals surface area contributed by atoms with E-state index in [1.807, 2.05) is 30.4 Å². The normalized spacial score (nSPS) is 22.8. The maximum Gasteiger partial charge on any atom is 0.241 e. The molecule has 8 nitrogen and oxygen atoms in total. The van der Waals surface area contributed by atoms with Crippen LogP contribution in [0.25, 0.3) is 11.3 Å². The maximum atomic E-state index is 13.5. The second kappa shape index (κ2) is 9.06. The van der Waals surface area contributed by atoms with E-state index < -0.39 is 0 Å². The molecule has 170 valence electrons. The van der Waals surface area contributed by atoms with Crippen LogP contribution in [-0.2, 0) is 22.0 Å². The number of amides is 1. The van der Waals surface area contributed by atoms with Gasteiger partial charge in [0.15, 0.2) is 0 Å². The summed E-state index contributed by atoms with van der Waals surface area (Å²) in [4.78, 5) is 22.3. The second-order valence-electron chi connectivity index (χ2n) is 9.20. The van der Waals surface area contributed by atoms with Gasteiger partial charge in [-0.1, -0.05) is 21.3 Å². The third-order valence-electron chi connectivity index (χ3n) is 6.18. The molecular weight excluding hydrogens is 392 g/mol. The molecule has 1 amide bonds. The van der Waals surface area contributed by atoms with Crippen molar-refractivity contribution >= 4 is 11.6 Å². The zero-order valence-electron chi connectivity index (χ0n) is 18.6. The zero-order valence-corrected chi connectivity index (χ0v) is 18.6. The minimum Gasteiger partial charge on any atom is -0.383 e. The summed E-state index contributed by atoms with van der Waals surface area (Å²) < 4.78 is 7.15. The summed E-state index contributed by atoms with van der Waals surface area (Å²) in [5, 5.41) is 7.73. The van der Waals surface area contributed by atoms with Crippen molar-refractivity contribution in [2.24, 2.45) is 7.05 Å². The van der Waals surface area contributed by atoms with Crippen LogP contribution in [0.15, 0.2) is 24.7 Å². The largest absolute Gasteiger partial charge is 0.383 e. The van der Waals surface area contributed by atoms with Crippen molar-refractivity contribution in [3.8, 4) is 11.3 Å². The average molecular weight is 429 g/mol. The van der Waals surface area contributed by atoms with E-state index in [-0.39, 0.29) is 24.8 Å². The number of hydrogen-bond acceptors (Lipinski definition) is 6. The van der Waals surface area contributed by atoms with Crippen molar-refractivity contribution in [1.82, 2.24) is 25.0 Å². The van der Waals surface area contributed by atoms with E-state index in [2.05, 4.69) is 41.1 Å². The third-order valence-corrected chi connectivity index (χ3v) is 6.18. The van der Waals surface area contributed by atoms with Crippen molar-refractivity contribution in [2.75, 3.05) is 44.8 Å². The Labute approximate surface area is 185 Å². The monoisotopic (exact) mass is 428 g/mol. The van der Waals surface area contributed by atoms with Gasteiger partial charge < -0.3 is 15.0 Å². The van der Waals surface area contributed by atoms with Crippen LogP contribution < -0.4 is 10.2 Å². The molecule has 0 bridgehead atoms. The van der Waals surface area contributed by atoms with Crippen molar-refractivity contribution in [3.05, 3.63) is 30.2 Å². The molecule has 0 radical (unpaired) electrons. The number of fused-ring (bicyclic) bond motifs is 1. The van der Waals surface area contributed by atoms with Gasteiger partial charge in [0.05, 0.1) is 30.7 Å². The Morgan fingerprint density at radius 1 is 1.35 bits per heavy atom.